The van der Waals surface area contributed by atoms with Gasteiger partial charge in [0.1, 0.15) is 0 Å². The number of ether oxygens (including phenoxy) is 1. The van der Waals surface area contributed by atoms with Crippen LogP contribution in [0, 0.1) is 11.8 Å². The van der Waals surface area contributed by atoms with E-state index in [-0.39, 0.29) is 17.9 Å². The molecule has 2 fully saturated rings. The zero-order valence-electron chi connectivity index (χ0n) is 11.0. The second-order valence-electron chi connectivity index (χ2n) is 5.17. The summed E-state index contributed by atoms with van der Waals surface area (Å²) in [5.74, 6) is 0.719. The Labute approximate surface area is 108 Å². The molecule has 0 spiro atoms. The summed E-state index contributed by atoms with van der Waals surface area (Å²) < 4.78 is 4.97. The smallest absolute Gasteiger partial charge is 0.409 e. The van der Waals surface area contributed by atoms with E-state index >= 15 is 0 Å². The number of hydrogen-bond donors (Lipinski definition) is 1. The van der Waals surface area contributed by atoms with Crippen molar-refractivity contribution in [2.45, 2.75) is 32.6 Å². The van der Waals surface area contributed by atoms with Crippen LogP contribution in [0.25, 0.3) is 0 Å². The minimum absolute atomic E-state index is 0.0677. The molecule has 1 atom stereocenters. The van der Waals surface area contributed by atoms with Gasteiger partial charge in [0.05, 0.1) is 12.5 Å². The van der Waals surface area contributed by atoms with Gasteiger partial charge in [-0.25, -0.2) is 4.79 Å². The summed E-state index contributed by atoms with van der Waals surface area (Å²) in [5, 5.41) is 2.99. The van der Waals surface area contributed by atoms with Crippen LogP contribution in [-0.4, -0.2) is 43.1 Å². The molecule has 2 rings (SSSR count). The Morgan fingerprint density at radius 2 is 2.11 bits per heavy atom. The highest BCUT2D eigenvalue weighted by molar-refractivity contribution is 5.80. The maximum Gasteiger partial charge on any atom is 0.409 e. The van der Waals surface area contributed by atoms with E-state index in [4.69, 9.17) is 4.74 Å². The quantitative estimate of drug-likeness (QED) is 0.824. The van der Waals surface area contributed by atoms with Gasteiger partial charge in [0.25, 0.3) is 0 Å². The second kappa shape index (κ2) is 6.07. The third kappa shape index (κ3) is 3.62. The van der Waals surface area contributed by atoms with Crippen molar-refractivity contribution in [1.29, 1.82) is 0 Å². The lowest BCUT2D eigenvalue weighted by Gasteiger charge is -2.31. The van der Waals surface area contributed by atoms with Crippen molar-refractivity contribution in [3.8, 4) is 0 Å². The molecule has 1 unspecified atom stereocenters. The van der Waals surface area contributed by atoms with Crippen LogP contribution >= 0.6 is 0 Å². The summed E-state index contributed by atoms with van der Waals surface area (Å²) in [6.07, 6.45) is 3.92. The van der Waals surface area contributed by atoms with Gasteiger partial charge in [0, 0.05) is 19.6 Å². The van der Waals surface area contributed by atoms with E-state index in [1.807, 2.05) is 0 Å². The molecule has 0 bridgehead atoms. The van der Waals surface area contributed by atoms with Gasteiger partial charge in [-0.3, -0.25) is 4.79 Å². The van der Waals surface area contributed by atoms with Crippen LogP contribution in [0.4, 0.5) is 4.79 Å². The van der Waals surface area contributed by atoms with Crippen LogP contribution in [0.5, 0.6) is 0 Å². The van der Waals surface area contributed by atoms with Crippen molar-refractivity contribution in [3.05, 3.63) is 0 Å². The molecule has 1 N–H and O–H groups in total. The third-order valence-electron chi connectivity index (χ3n) is 3.58. The van der Waals surface area contributed by atoms with E-state index in [2.05, 4.69) is 5.32 Å². The van der Waals surface area contributed by atoms with E-state index in [1.54, 1.807) is 11.8 Å². The molecule has 1 saturated carbocycles. The number of carbonyl (C=O) groups is 2. The predicted molar refractivity (Wildman–Crippen MR) is 67.1 cm³/mol. The van der Waals surface area contributed by atoms with Crippen LogP contribution in [0.15, 0.2) is 0 Å². The average Bonchev–Trinajstić information content (AvgIpc) is 3.20. The van der Waals surface area contributed by atoms with Crippen molar-refractivity contribution in [2.24, 2.45) is 11.8 Å². The Kier molecular flexibility index (Phi) is 4.44. The van der Waals surface area contributed by atoms with E-state index < -0.39 is 0 Å². The highest BCUT2D eigenvalue weighted by Gasteiger charge is 2.30. The van der Waals surface area contributed by atoms with Crippen LogP contribution in [0.2, 0.25) is 0 Å². The number of rotatable bonds is 4. The number of amides is 2. The molecule has 1 saturated heterocycles. The molecule has 0 aromatic heterocycles. The van der Waals surface area contributed by atoms with Crippen molar-refractivity contribution in [1.82, 2.24) is 10.2 Å². The zero-order valence-corrected chi connectivity index (χ0v) is 11.0. The fourth-order valence-corrected chi connectivity index (χ4v) is 2.28. The lowest BCUT2D eigenvalue weighted by molar-refractivity contribution is -0.126. The van der Waals surface area contributed by atoms with Gasteiger partial charge in [0.15, 0.2) is 0 Å². The zero-order chi connectivity index (χ0) is 13.0. The number of nitrogens with zero attached hydrogens (tertiary/aromatic N) is 1. The Morgan fingerprint density at radius 1 is 1.33 bits per heavy atom. The highest BCUT2D eigenvalue weighted by Crippen LogP contribution is 2.27. The van der Waals surface area contributed by atoms with E-state index in [9.17, 15) is 9.59 Å². The summed E-state index contributed by atoms with van der Waals surface area (Å²) in [6, 6.07) is 0. The van der Waals surface area contributed by atoms with Gasteiger partial charge < -0.3 is 15.0 Å². The molecule has 1 aliphatic carbocycles. The van der Waals surface area contributed by atoms with Gasteiger partial charge in [-0.15, -0.1) is 0 Å². The summed E-state index contributed by atoms with van der Waals surface area (Å²) in [7, 11) is 0. The number of carbonyl (C=O) groups excluding carboxylic acids is 2. The number of hydrogen-bond acceptors (Lipinski definition) is 3. The Morgan fingerprint density at radius 3 is 2.78 bits per heavy atom. The minimum Gasteiger partial charge on any atom is -0.450 e. The fourth-order valence-electron chi connectivity index (χ4n) is 2.28. The molecule has 102 valence electrons. The van der Waals surface area contributed by atoms with E-state index in [1.165, 1.54) is 12.8 Å². The first-order valence-corrected chi connectivity index (χ1v) is 6.90. The SMILES string of the molecule is CCOC(=O)N1CCCC(C(=O)NCC2CC2)C1. The molecular formula is C13H22N2O3. The van der Waals surface area contributed by atoms with Gasteiger partial charge in [-0.2, -0.15) is 0 Å². The predicted octanol–water partition coefficient (Wildman–Crippen LogP) is 1.38. The van der Waals surface area contributed by atoms with Crippen LogP contribution < -0.4 is 5.32 Å². The second-order valence-corrected chi connectivity index (χ2v) is 5.17. The molecule has 5 nitrogen and oxygen atoms in total. The minimum atomic E-state index is -0.294. The fraction of sp³-hybridized carbons (Fsp3) is 0.846. The number of likely N-dealkylation sites (tertiary alicyclic amines) is 1. The molecule has 2 amide bonds. The first kappa shape index (κ1) is 13.2. The Balaban J connectivity index is 1.77. The molecule has 0 aromatic carbocycles. The molecule has 0 radical (unpaired) electrons. The maximum atomic E-state index is 12.0. The molecule has 5 heteroatoms. The van der Waals surface area contributed by atoms with Crippen molar-refractivity contribution in [3.63, 3.8) is 0 Å². The van der Waals surface area contributed by atoms with Gasteiger partial charge >= 0.3 is 6.09 Å². The van der Waals surface area contributed by atoms with Crippen molar-refractivity contribution < 1.29 is 14.3 Å². The largest absolute Gasteiger partial charge is 0.450 e. The molecule has 1 heterocycles. The summed E-state index contributed by atoms with van der Waals surface area (Å²) in [5.41, 5.74) is 0. The van der Waals surface area contributed by atoms with Gasteiger partial charge in [-0.1, -0.05) is 0 Å². The lowest BCUT2D eigenvalue weighted by Crippen LogP contribution is -2.45. The molecule has 0 aromatic rings. The third-order valence-corrected chi connectivity index (χ3v) is 3.58. The number of piperidine rings is 1. The van der Waals surface area contributed by atoms with Crippen molar-refractivity contribution >= 4 is 12.0 Å². The van der Waals surface area contributed by atoms with Gasteiger partial charge in [0.2, 0.25) is 5.91 Å². The van der Waals surface area contributed by atoms with E-state index in [0.717, 1.165) is 19.4 Å². The summed E-state index contributed by atoms with van der Waals surface area (Å²) >= 11 is 0. The van der Waals surface area contributed by atoms with Crippen molar-refractivity contribution in [2.75, 3.05) is 26.2 Å². The first-order valence-electron chi connectivity index (χ1n) is 6.90. The first-order chi connectivity index (χ1) is 8.70. The summed E-state index contributed by atoms with van der Waals surface area (Å²) in [6.45, 7) is 4.17. The molecular weight excluding hydrogens is 232 g/mol. The molecule has 1 aliphatic heterocycles. The molecule has 2 aliphatic rings. The monoisotopic (exact) mass is 254 g/mol. The van der Waals surface area contributed by atoms with E-state index in [0.29, 0.717) is 25.6 Å². The molecule has 18 heavy (non-hydrogen) atoms. The van der Waals surface area contributed by atoms with Crippen LogP contribution in [0.3, 0.4) is 0 Å². The van der Waals surface area contributed by atoms with Crippen LogP contribution in [-0.2, 0) is 9.53 Å². The Hall–Kier alpha value is -1.26. The lowest BCUT2D eigenvalue weighted by atomic mass is 9.97. The van der Waals surface area contributed by atoms with Crippen LogP contribution in [0.1, 0.15) is 32.6 Å². The topological polar surface area (TPSA) is 58.6 Å². The Bertz CT molecular complexity index is 315. The maximum absolute atomic E-state index is 12.0. The normalized spacial score (nSPS) is 23.6. The standard InChI is InChI=1S/C13H22N2O3/c1-2-18-13(17)15-7-3-4-11(9-15)12(16)14-8-10-5-6-10/h10-11H,2-9H2,1H3,(H,14,16). The van der Waals surface area contributed by atoms with Gasteiger partial charge in [-0.05, 0) is 38.5 Å². The summed E-state index contributed by atoms with van der Waals surface area (Å²) in [4.78, 5) is 25.2. The number of nitrogens with one attached hydrogen (secondary N) is 1. The average molecular weight is 254 g/mol. The highest BCUT2D eigenvalue weighted by atomic mass is 16.6.